The third-order valence-electron chi connectivity index (χ3n) is 5.04. The van der Waals surface area contributed by atoms with Gasteiger partial charge in [0.25, 0.3) is 5.82 Å². The Balaban J connectivity index is 1.32. The fourth-order valence-electron chi connectivity index (χ4n) is 3.52. The van der Waals surface area contributed by atoms with Gasteiger partial charge in [-0.25, -0.2) is 0 Å². The lowest BCUT2D eigenvalue weighted by Gasteiger charge is -2.39. The average Bonchev–Trinajstić information content (AvgIpc) is 3.31. The molecule has 0 bridgehead atoms. The van der Waals surface area contributed by atoms with E-state index < -0.39 is 12.0 Å². The molecule has 0 atom stereocenters. The van der Waals surface area contributed by atoms with E-state index in [-0.39, 0.29) is 17.6 Å². The van der Waals surface area contributed by atoms with Crippen LogP contribution in [0.15, 0.2) is 24.5 Å². The molecule has 2 saturated heterocycles. The third-order valence-corrected chi connectivity index (χ3v) is 5.04. The lowest BCUT2D eigenvalue weighted by molar-refractivity contribution is -0.146. The second kappa shape index (κ2) is 5.91. The maximum absolute atomic E-state index is 13.0. The number of alkyl halides is 3. The Kier molecular flexibility index (Phi) is 3.58. The standard InChI is InChI=1S/C16H15F3N8O/c17-16(18,19)15-22-21-12-3-4-13(23-27(12)15)24-7-11(8-24)26-9-10(6-20-26)25-5-1-2-14(25)28/h3-4,6,9,11H,1-2,5,7-8H2. The molecule has 2 aliphatic heterocycles. The van der Waals surface area contributed by atoms with E-state index in [0.717, 1.165) is 12.1 Å². The summed E-state index contributed by atoms with van der Waals surface area (Å²) in [6.45, 7) is 1.81. The monoisotopic (exact) mass is 392 g/mol. The van der Waals surface area contributed by atoms with E-state index in [1.807, 2.05) is 11.1 Å². The number of amides is 1. The Labute approximate surface area is 156 Å². The van der Waals surface area contributed by atoms with E-state index in [1.165, 1.54) is 6.07 Å². The zero-order valence-corrected chi connectivity index (χ0v) is 14.5. The Hall–Kier alpha value is -3.18. The van der Waals surface area contributed by atoms with Crippen LogP contribution in [0.4, 0.5) is 24.7 Å². The first-order valence-electron chi connectivity index (χ1n) is 8.79. The summed E-state index contributed by atoms with van der Waals surface area (Å²) in [5.41, 5.74) is 0.819. The van der Waals surface area contributed by atoms with Gasteiger partial charge < -0.3 is 9.80 Å². The predicted molar refractivity (Wildman–Crippen MR) is 90.8 cm³/mol. The van der Waals surface area contributed by atoms with Gasteiger partial charge in [0, 0.05) is 32.3 Å². The predicted octanol–water partition coefficient (Wildman–Crippen LogP) is 1.53. The van der Waals surface area contributed by atoms with Gasteiger partial charge in [0.2, 0.25) is 5.91 Å². The van der Waals surface area contributed by atoms with Crippen LogP contribution in [-0.2, 0) is 11.0 Å². The van der Waals surface area contributed by atoms with E-state index in [4.69, 9.17) is 0 Å². The molecule has 0 unspecified atom stereocenters. The van der Waals surface area contributed by atoms with Crippen molar-refractivity contribution in [3.05, 3.63) is 30.4 Å². The van der Waals surface area contributed by atoms with Crippen molar-refractivity contribution in [1.82, 2.24) is 29.6 Å². The highest BCUT2D eigenvalue weighted by Crippen LogP contribution is 2.31. The minimum atomic E-state index is -4.62. The average molecular weight is 392 g/mol. The molecule has 146 valence electrons. The largest absolute Gasteiger partial charge is 0.453 e. The molecule has 5 rings (SSSR count). The Bertz CT molecular complexity index is 1050. The van der Waals surface area contributed by atoms with E-state index in [0.29, 0.717) is 36.4 Å². The minimum absolute atomic E-state index is 0.0418. The summed E-state index contributed by atoms with van der Waals surface area (Å²) >= 11 is 0. The van der Waals surface area contributed by atoms with Crippen molar-refractivity contribution < 1.29 is 18.0 Å². The zero-order valence-electron chi connectivity index (χ0n) is 14.5. The summed E-state index contributed by atoms with van der Waals surface area (Å²) in [6, 6.07) is 3.15. The number of carbonyl (C=O) groups is 1. The van der Waals surface area contributed by atoms with Gasteiger partial charge in [-0.05, 0) is 18.6 Å². The van der Waals surface area contributed by atoms with Gasteiger partial charge in [-0.1, -0.05) is 0 Å². The van der Waals surface area contributed by atoms with Gasteiger partial charge in [-0.2, -0.15) is 22.8 Å². The van der Waals surface area contributed by atoms with Gasteiger partial charge in [0.05, 0.1) is 17.9 Å². The molecule has 0 spiro atoms. The normalized spacial score (nSPS) is 18.3. The molecule has 0 N–H and O–H groups in total. The van der Waals surface area contributed by atoms with Gasteiger partial charge in [0.15, 0.2) is 5.65 Å². The van der Waals surface area contributed by atoms with Crippen molar-refractivity contribution in [2.45, 2.75) is 25.1 Å². The highest BCUT2D eigenvalue weighted by molar-refractivity contribution is 5.95. The maximum Gasteiger partial charge on any atom is 0.453 e. The van der Waals surface area contributed by atoms with Crippen LogP contribution >= 0.6 is 0 Å². The summed E-state index contributed by atoms with van der Waals surface area (Å²) in [5, 5.41) is 15.1. The highest BCUT2D eigenvalue weighted by atomic mass is 19.4. The number of hydrogen-bond acceptors (Lipinski definition) is 6. The summed E-state index contributed by atoms with van der Waals surface area (Å²) in [7, 11) is 0. The van der Waals surface area contributed by atoms with Crippen LogP contribution < -0.4 is 9.80 Å². The van der Waals surface area contributed by atoms with E-state index in [9.17, 15) is 18.0 Å². The maximum atomic E-state index is 13.0. The summed E-state index contributed by atoms with van der Waals surface area (Å²) in [5.74, 6) is -0.633. The first kappa shape index (κ1) is 17.0. The molecule has 0 radical (unpaired) electrons. The number of anilines is 2. The molecular formula is C16H15F3N8O. The van der Waals surface area contributed by atoms with Gasteiger partial charge >= 0.3 is 6.18 Å². The smallest absolute Gasteiger partial charge is 0.351 e. The topological polar surface area (TPSA) is 84.5 Å². The minimum Gasteiger partial charge on any atom is -0.351 e. The van der Waals surface area contributed by atoms with Gasteiger partial charge in [-0.15, -0.1) is 15.3 Å². The van der Waals surface area contributed by atoms with Crippen molar-refractivity contribution in [1.29, 1.82) is 0 Å². The molecule has 9 nitrogen and oxygen atoms in total. The second-order valence-corrected chi connectivity index (χ2v) is 6.87. The summed E-state index contributed by atoms with van der Waals surface area (Å²) in [4.78, 5) is 15.4. The summed E-state index contributed by atoms with van der Waals surface area (Å²) < 4.78 is 41.5. The Morgan fingerprint density at radius 1 is 1.14 bits per heavy atom. The molecule has 5 heterocycles. The molecule has 1 amide bonds. The number of rotatable bonds is 3. The van der Waals surface area contributed by atoms with Crippen LogP contribution in [0.2, 0.25) is 0 Å². The molecule has 12 heteroatoms. The first-order valence-corrected chi connectivity index (χ1v) is 8.79. The lowest BCUT2D eigenvalue weighted by Crippen LogP contribution is -2.48. The van der Waals surface area contributed by atoms with Crippen LogP contribution in [0.5, 0.6) is 0 Å². The third kappa shape index (κ3) is 2.67. The first-order chi connectivity index (χ1) is 13.4. The van der Waals surface area contributed by atoms with Crippen molar-refractivity contribution in [3.8, 4) is 0 Å². The van der Waals surface area contributed by atoms with Crippen molar-refractivity contribution in [3.63, 3.8) is 0 Å². The van der Waals surface area contributed by atoms with Gasteiger partial charge in [-0.3, -0.25) is 9.48 Å². The number of aromatic nitrogens is 6. The van der Waals surface area contributed by atoms with Gasteiger partial charge in [0.1, 0.15) is 5.82 Å². The Morgan fingerprint density at radius 3 is 2.68 bits per heavy atom. The highest BCUT2D eigenvalue weighted by Gasteiger charge is 2.38. The van der Waals surface area contributed by atoms with Crippen LogP contribution in [-0.4, -0.2) is 55.1 Å². The molecule has 0 aliphatic carbocycles. The molecule has 2 aliphatic rings. The Morgan fingerprint density at radius 2 is 1.96 bits per heavy atom. The molecule has 2 fully saturated rings. The lowest BCUT2D eigenvalue weighted by atomic mass is 10.1. The molecular weight excluding hydrogens is 377 g/mol. The molecule has 3 aromatic rings. The van der Waals surface area contributed by atoms with E-state index in [1.54, 1.807) is 21.8 Å². The number of nitrogens with zero attached hydrogens (tertiary/aromatic N) is 8. The number of halogens is 3. The summed E-state index contributed by atoms with van der Waals surface area (Å²) in [6.07, 6.45) is 0.283. The van der Waals surface area contributed by atoms with Crippen LogP contribution in [0.25, 0.3) is 5.65 Å². The molecule has 3 aromatic heterocycles. The van der Waals surface area contributed by atoms with E-state index in [2.05, 4.69) is 20.4 Å². The number of hydrogen-bond donors (Lipinski definition) is 0. The van der Waals surface area contributed by atoms with Crippen molar-refractivity contribution in [2.24, 2.45) is 0 Å². The SMILES string of the molecule is O=C1CCCN1c1cnn(C2CN(c3ccc4nnc(C(F)(F)F)n4n3)C2)c1. The van der Waals surface area contributed by atoms with Crippen LogP contribution in [0.3, 0.4) is 0 Å². The van der Waals surface area contributed by atoms with Crippen molar-refractivity contribution >= 4 is 23.1 Å². The van der Waals surface area contributed by atoms with Crippen molar-refractivity contribution in [2.75, 3.05) is 29.4 Å². The van der Waals surface area contributed by atoms with Crippen LogP contribution in [0.1, 0.15) is 24.7 Å². The quantitative estimate of drug-likeness (QED) is 0.672. The fourth-order valence-corrected chi connectivity index (χ4v) is 3.52. The molecule has 28 heavy (non-hydrogen) atoms. The van der Waals surface area contributed by atoms with E-state index >= 15 is 0 Å². The zero-order chi connectivity index (χ0) is 19.5. The second-order valence-electron chi connectivity index (χ2n) is 6.87. The number of carbonyl (C=O) groups excluding carboxylic acids is 1. The number of fused-ring (bicyclic) bond motifs is 1. The fraction of sp³-hybridized carbons (Fsp3) is 0.438. The molecule has 0 saturated carbocycles. The molecule has 0 aromatic carbocycles. The van der Waals surface area contributed by atoms with Crippen LogP contribution in [0, 0.1) is 0 Å².